The number of aliphatic hydroxyl groups excluding tert-OH is 1. The van der Waals surface area contributed by atoms with Crippen LogP contribution in [0.1, 0.15) is 83.3 Å². The third-order valence-electron chi connectivity index (χ3n) is 12.1. The molecule has 12 heteroatoms. The Bertz CT molecular complexity index is 2130. The molecule has 4 atom stereocenters. The van der Waals surface area contributed by atoms with Crippen LogP contribution in [0.5, 0.6) is 11.6 Å². The Kier molecular flexibility index (Phi) is 10.1. The maximum absolute atomic E-state index is 15.6. The molecule has 0 bridgehead atoms. The first kappa shape index (κ1) is 38.5. The lowest BCUT2D eigenvalue weighted by Crippen LogP contribution is -2.65. The molecule has 290 valence electrons. The fraction of sp³-hybridized carbons (Fsp3) is 0.442. The number of nitrogens with zero attached hydrogens (tertiary/aromatic N) is 4. The van der Waals surface area contributed by atoms with Gasteiger partial charge in [-0.3, -0.25) is 14.5 Å². The number of allylic oxidation sites excluding steroid dienone is 1. The van der Waals surface area contributed by atoms with Crippen molar-refractivity contribution in [1.29, 1.82) is 0 Å². The summed E-state index contributed by atoms with van der Waals surface area (Å²) in [5, 5.41) is 17.0. The Morgan fingerprint density at radius 3 is 2.15 bits per heavy atom. The van der Waals surface area contributed by atoms with Crippen molar-refractivity contribution < 1.29 is 33.1 Å². The molecule has 11 nitrogen and oxygen atoms in total. The summed E-state index contributed by atoms with van der Waals surface area (Å²) in [6.07, 6.45) is 2.35. The van der Waals surface area contributed by atoms with E-state index in [2.05, 4.69) is 43.9 Å². The highest BCUT2D eigenvalue weighted by Gasteiger charge is 2.67. The van der Waals surface area contributed by atoms with E-state index in [0.29, 0.717) is 42.3 Å². The van der Waals surface area contributed by atoms with Gasteiger partial charge in [-0.15, -0.1) is 0 Å². The number of hydrogen-bond acceptors (Lipinski definition) is 11. The SMILES string of the molecule is CCN(C)[C@@H]1c2onc(OCc3ccccc3)c2C(=O)C2(O[Si](C)(C)C(C)(C)C)C(O)=C3C(=O)c4c(OCc5ccccc5)cnc(N(C)C)c4C[C@H]3C[C@@H]12. The molecule has 1 N–H and O–H groups in total. The topological polar surface area (TPSA) is 127 Å². The second kappa shape index (κ2) is 14.4. The number of aliphatic hydroxyl groups is 1. The average Bonchev–Trinajstić information content (AvgIpc) is 3.57. The zero-order chi connectivity index (χ0) is 39.4. The van der Waals surface area contributed by atoms with Crippen LogP contribution in [0.25, 0.3) is 0 Å². The molecule has 1 unspecified atom stereocenters. The van der Waals surface area contributed by atoms with E-state index >= 15 is 9.59 Å². The summed E-state index contributed by atoms with van der Waals surface area (Å²) < 4.78 is 26.0. The monoisotopic (exact) mass is 764 g/mol. The van der Waals surface area contributed by atoms with E-state index in [1.54, 1.807) is 6.20 Å². The van der Waals surface area contributed by atoms with Crippen molar-refractivity contribution in [2.75, 3.05) is 32.6 Å². The largest absolute Gasteiger partial charge is 0.508 e. The van der Waals surface area contributed by atoms with Gasteiger partial charge in [-0.2, -0.15) is 0 Å². The first-order chi connectivity index (χ1) is 26.1. The third-order valence-corrected chi connectivity index (χ3v) is 16.5. The van der Waals surface area contributed by atoms with Gasteiger partial charge in [-0.05, 0) is 66.8 Å². The molecule has 2 aromatic heterocycles. The van der Waals surface area contributed by atoms with Gasteiger partial charge in [0.05, 0.1) is 17.8 Å². The number of hydrogen-bond donors (Lipinski definition) is 1. The van der Waals surface area contributed by atoms with Crippen LogP contribution < -0.4 is 14.4 Å². The molecule has 2 heterocycles. The third kappa shape index (κ3) is 6.47. The number of carbonyl (C=O) groups is 2. The number of anilines is 1. The maximum Gasteiger partial charge on any atom is 0.265 e. The quantitative estimate of drug-likeness (QED) is 0.149. The molecule has 55 heavy (non-hydrogen) atoms. The van der Waals surface area contributed by atoms with Gasteiger partial charge in [0.2, 0.25) is 5.78 Å². The van der Waals surface area contributed by atoms with Crippen molar-refractivity contribution >= 4 is 25.7 Å². The highest BCUT2D eigenvalue weighted by atomic mass is 28.4. The molecule has 0 radical (unpaired) electrons. The van der Waals surface area contributed by atoms with Crippen LogP contribution in [0.2, 0.25) is 18.1 Å². The second-order valence-corrected chi connectivity index (χ2v) is 21.5. The lowest BCUT2D eigenvalue weighted by Gasteiger charge is -2.55. The van der Waals surface area contributed by atoms with Crippen LogP contribution in [0.4, 0.5) is 5.82 Å². The van der Waals surface area contributed by atoms with Crippen LogP contribution in [0, 0.1) is 11.8 Å². The summed E-state index contributed by atoms with van der Waals surface area (Å²) in [6.45, 7) is 13.4. The van der Waals surface area contributed by atoms with Crippen molar-refractivity contribution in [3.63, 3.8) is 0 Å². The summed E-state index contributed by atoms with van der Waals surface area (Å²) >= 11 is 0. The number of carbonyl (C=O) groups excluding carboxylic acids is 2. The Morgan fingerprint density at radius 2 is 1.56 bits per heavy atom. The van der Waals surface area contributed by atoms with Gasteiger partial charge in [0.1, 0.15) is 36.1 Å². The molecule has 2 aromatic carbocycles. The Labute approximate surface area is 324 Å². The molecule has 0 spiro atoms. The van der Waals surface area contributed by atoms with Crippen molar-refractivity contribution in [3.8, 4) is 11.6 Å². The van der Waals surface area contributed by atoms with Gasteiger partial charge in [0, 0.05) is 31.1 Å². The number of ketones is 2. The van der Waals surface area contributed by atoms with Crippen molar-refractivity contribution in [3.05, 3.63) is 112 Å². The number of ether oxygens (including phenoxy) is 2. The smallest absolute Gasteiger partial charge is 0.265 e. The summed E-state index contributed by atoms with van der Waals surface area (Å²) in [5.41, 5.74) is 1.32. The molecular formula is C43H52N4O7Si. The Morgan fingerprint density at radius 1 is 0.945 bits per heavy atom. The maximum atomic E-state index is 15.6. The normalized spacial score (nSPS) is 22.2. The Balaban J connectivity index is 1.43. The minimum atomic E-state index is -2.87. The Hall–Kier alpha value is -4.78. The zero-order valence-electron chi connectivity index (χ0n) is 33.3. The van der Waals surface area contributed by atoms with Gasteiger partial charge >= 0.3 is 0 Å². The molecule has 7 rings (SSSR count). The van der Waals surface area contributed by atoms with Gasteiger partial charge in [0.25, 0.3) is 5.88 Å². The highest BCUT2D eigenvalue weighted by molar-refractivity contribution is 6.74. The van der Waals surface area contributed by atoms with Crippen LogP contribution in [-0.4, -0.2) is 73.3 Å². The van der Waals surface area contributed by atoms with Gasteiger partial charge < -0.3 is 28.4 Å². The number of aromatic nitrogens is 2. The average molecular weight is 765 g/mol. The summed E-state index contributed by atoms with van der Waals surface area (Å²) in [5.74, 6) is -0.910. The predicted octanol–water partition coefficient (Wildman–Crippen LogP) is 8.13. The molecule has 3 aliphatic rings. The first-order valence-corrected chi connectivity index (χ1v) is 22.0. The lowest BCUT2D eigenvalue weighted by atomic mass is 9.58. The van der Waals surface area contributed by atoms with Crippen LogP contribution in [0.3, 0.4) is 0 Å². The van der Waals surface area contributed by atoms with Crippen LogP contribution >= 0.6 is 0 Å². The highest BCUT2D eigenvalue weighted by Crippen LogP contribution is 2.60. The number of fused-ring (bicyclic) bond motifs is 4. The summed E-state index contributed by atoms with van der Waals surface area (Å²) in [4.78, 5) is 39.5. The molecule has 0 saturated carbocycles. The number of benzene rings is 2. The molecule has 0 amide bonds. The van der Waals surface area contributed by atoms with E-state index in [1.165, 1.54) is 0 Å². The van der Waals surface area contributed by atoms with Gasteiger partial charge in [-0.1, -0.05) is 88.4 Å². The van der Waals surface area contributed by atoms with Gasteiger partial charge in [-0.25, -0.2) is 4.98 Å². The van der Waals surface area contributed by atoms with Crippen molar-refractivity contribution in [2.45, 2.75) is 83.5 Å². The number of pyridine rings is 1. The first-order valence-electron chi connectivity index (χ1n) is 19.1. The second-order valence-electron chi connectivity index (χ2n) is 16.7. The van der Waals surface area contributed by atoms with Crippen molar-refractivity contribution in [1.82, 2.24) is 15.0 Å². The number of Topliss-reactive ketones (excluding diaryl/α,β-unsaturated/α-hetero) is 2. The van der Waals surface area contributed by atoms with E-state index in [4.69, 9.17) is 23.4 Å². The van der Waals surface area contributed by atoms with Crippen LogP contribution in [0.15, 0.2) is 82.7 Å². The molecule has 0 fully saturated rings. The molecule has 0 aliphatic heterocycles. The van der Waals surface area contributed by atoms with E-state index in [1.807, 2.05) is 93.6 Å². The van der Waals surface area contributed by atoms with E-state index in [-0.39, 0.29) is 46.8 Å². The fourth-order valence-electron chi connectivity index (χ4n) is 8.16. The predicted molar refractivity (Wildman–Crippen MR) is 212 cm³/mol. The van der Waals surface area contributed by atoms with E-state index < -0.39 is 37.6 Å². The summed E-state index contributed by atoms with van der Waals surface area (Å²) in [6, 6.07) is 18.8. The van der Waals surface area contributed by atoms with Crippen LogP contribution in [-0.2, 0) is 24.1 Å². The molecule has 3 aliphatic carbocycles. The summed E-state index contributed by atoms with van der Waals surface area (Å²) in [7, 11) is 2.89. The zero-order valence-corrected chi connectivity index (χ0v) is 34.3. The molecule has 4 aromatic rings. The van der Waals surface area contributed by atoms with Crippen molar-refractivity contribution in [2.24, 2.45) is 11.8 Å². The molecule has 0 saturated heterocycles. The minimum absolute atomic E-state index is 0.0357. The molecular weight excluding hydrogens is 713 g/mol. The lowest BCUT2D eigenvalue weighted by molar-refractivity contribution is -0.0510. The minimum Gasteiger partial charge on any atom is -0.508 e. The fourth-order valence-corrected chi connectivity index (χ4v) is 9.61. The van der Waals surface area contributed by atoms with Gasteiger partial charge in [0.15, 0.2) is 25.5 Å². The number of rotatable bonds is 11. The van der Waals surface area contributed by atoms with E-state index in [9.17, 15) is 5.11 Å². The standard InChI is InChI=1S/C43H52N4O7Si/c1-10-47(7)35-30-22-28-21-29-33(31(23-44-40(29)46(5)6)51-24-26-17-13-11-14-18-26)36(48)32(28)38(49)43(30,54-55(8,9)42(2,3)4)39(50)34-37(35)53-45-41(34)52-25-27-19-15-12-16-20-27/h11-20,23,28,30,35,49H,10,21-22,24-25H2,1-9H3/t28-,30-,35-,43?/m0/s1. The van der Waals surface area contributed by atoms with E-state index in [0.717, 1.165) is 16.7 Å².